The number of fused-ring (bicyclic) bond motifs is 1. The van der Waals surface area contributed by atoms with Crippen molar-refractivity contribution in [3.63, 3.8) is 0 Å². The summed E-state index contributed by atoms with van der Waals surface area (Å²) in [5.41, 5.74) is 0. The van der Waals surface area contributed by atoms with E-state index in [2.05, 4.69) is 12.1 Å². The maximum atomic E-state index is 12.0. The molecule has 0 fully saturated rings. The lowest BCUT2D eigenvalue weighted by atomic mass is 10.2. The summed E-state index contributed by atoms with van der Waals surface area (Å²) >= 11 is 1.49. The predicted octanol–water partition coefficient (Wildman–Crippen LogP) is 3.07. The van der Waals surface area contributed by atoms with Crippen molar-refractivity contribution in [2.45, 2.75) is 6.54 Å². The van der Waals surface area contributed by atoms with Gasteiger partial charge in [-0.05, 0) is 22.9 Å². The van der Waals surface area contributed by atoms with Crippen LogP contribution in [0.15, 0.2) is 60.2 Å². The number of nitrogens with zero attached hydrogens (tertiary/aromatic N) is 1. The Hall–Kier alpha value is -2.00. The molecule has 0 unspecified atom stereocenters. The van der Waals surface area contributed by atoms with Crippen LogP contribution >= 0.6 is 11.3 Å². The van der Waals surface area contributed by atoms with E-state index in [0.29, 0.717) is 6.54 Å². The van der Waals surface area contributed by atoms with Gasteiger partial charge in [0.15, 0.2) is 12.4 Å². The molecule has 2 nitrogen and oxygen atoms in total. The predicted molar refractivity (Wildman–Crippen MR) is 72.8 cm³/mol. The fourth-order valence-corrected chi connectivity index (χ4v) is 2.61. The van der Waals surface area contributed by atoms with E-state index in [4.69, 9.17) is 0 Å². The van der Waals surface area contributed by atoms with E-state index in [1.54, 1.807) is 0 Å². The van der Waals surface area contributed by atoms with Gasteiger partial charge in [-0.2, -0.15) is 4.57 Å². The molecular formula is C15H12NOS+. The van der Waals surface area contributed by atoms with Crippen molar-refractivity contribution in [2.24, 2.45) is 0 Å². The Bertz CT molecular complexity index is 689. The van der Waals surface area contributed by atoms with Gasteiger partial charge in [-0.3, -0.25) is 4.79 Å². The highest BCUT2D eigenvalue weighted by Crippen LogP contribution is 2.11. The highest BCUT2D eigenvalue weighted by molar-refractivity contribution is 7.12. The Labute approximate surface area is 109 Å². The number of pyridine rings is 1. The Balaban J connectivity index is 1.89. The summed E-state index contributed by atoms with van der Waals surface area (Å²) in [5, 5.41) is 4.27. The van der Waals surface area contributed by atoms with Crippen molar-refractivity contribution in [2.75, 3.05) is 0 Å². The van der Waals surface area contributed by atoms with Crippen LogP contribution in [0.4, 0.5) is 0 Å². The molecule has 0 amide bonds. The van der Waals surface area contributed by atoms with Crippen molar-refractivity contribution < 1.29 is 9.36 Å². The molecule has 3 aromatic rings. The average molecular weight is 254 g/mol. The minimum absolute atomic E-state index is 0.158. The lowest BCUT2D eigenvalue weighted by Gasteiger charge is -1.98. The van der Waals surface area contributed by atoms with Gasteiger partial charge in [0.25, 0.3) is 0 Å². The highest BCUT2D eigenvalue weighted by atomic mass is 32.1. The molecule has 18 heavy (non-hydrogen) atoms. The number of Topliss-reactive ketones (excluding diaryl/α,β-unsaturated/α-hetero) is 1. The zero-order valence-corrected chi connectivity index (χ0v) is 10.6. The molecule has 0 spiro atoms. The standard InChI is InChI=1S/C15H12NOS/c17-14(15-6-3-9-18-15)11-16-8-7-12-4-1-2-5-13(12)10-16/h1-10H,11H2/q+1. The maximum absolute atomic E-state index is 12.0. The molecule has 0 aliphatic heterocycles. The monoisotopic (exact) mass is 254 g/mol. The number of thiophene rings is 1. The molecule has 0 aliphatic rings. The molecule has 3 rings (SSSR count). The summed E-state index contributed by atoms with van der Waals surface area (Å²) in [4.78, 5) is 12.8. The molecule has 2 aromatic heterocycles. The van der Waals surface area contributed by atoms with Crippen LogP contribution in [0.5, 0.6) is 0 Å². The SMILES string of the molecule is O=C(C[n+]1ccc2ccccc2c1)c1cccs1. The van der Waals surface area contributed by atoms with Gasteiger partial charge in [0.2, 0.25) is 12.3 Å². The Morgan fingerprint density at radius 3 is 2.67 bits per heavy atom. The van der Waals surface area contributed by atoms with Gasteiger partial charge in [0.1, 0.15) is 0 Å². The fraction of sp³-hybridized carbons (Fsp3) is 0.0667. The largest absolute Gasteiger partial charge is 0.286 e. The van der Waals surface area contributed by atoms with Crippen LogP contribution < -0.4 is 4.57 Å². The van der Waals surface area contributed by atoms with Crippen LogP contribution in [-0.2, 0) is 6.54 Å². The van der Waals surface area contributed by atoms with Crippen LogP contribution in [0.3, 0.4) is 0 Å². The number of aromatic nitrogens is 1. The summed E-state index contributed by atoms with van der Waals surface area (Å²) in [7, 11) is 0. The first-order valence-electron chi connectivity index (χ1n) is 5.77. The zero-order valence-electron chi connectivity index (χ0n) is 9.74. The van der Waals surface area contributed by atoms with Crippen LogP contribution in [0.25, 0.3) is 10.8 Å². The summed E-state index contributed by atoms with van der Waals surface area (Å²) in [6, 6.07) is 14.0. The van der Waals surface area contributed by atoms with Crippen molar-refractivity contribution in [3.8, 4) is 0 Å². The molecule has 0 saturated heterocycles. The third-order valence-corrected chi connectivity index (χ3v) is 3.78. The zero-order chi connectivity index (χ0) is 12.4. The molecule has 88 valence electrons. The third-order valence-electron chi connectivity index (χ3n) is 2.87. The quantitative estimate of drug-likeness (QED) is 0.520. The summed E-state index contributed by atoms with van der Waals surface area (Å²) in [6.45, 7) is 0.394. The van der Waals surface area contributed by atoms with Crippen molar-refractivity contribution in [1.29, 1.82) is 0 Å². The van der Waals surface area contributed by atoms with Crippen LogP contribution in [0, 0.1) is 0 Å². The Kier molecular flexibility index (Phi) is 2.90. The van der Waals surface area contributed by atoms with Gasteiger partial charge in [0, 0.05) is 11.5 Å². The van der Waals surface area contributed by atoms with Gasteiger partial charge in [-0.15, -0.1) is 11.3 Å². The number of carbonyl (C=O) groups is 1. The van der Waals surface area contributed by atoms with E-state index in [9.17, 15) is 4.79 Å². The van der Waals surface area contributed by atoms with Gasteiger partial charge in [-0.1, -0.05) is 24.3 Å². The van der Waals surface area contributed by atoms with E-state index in [-0.39, 0.29) is 5.78 Å². The Morgan fingerprint density at radius 2 is 1.89 bits per heavy atom. The van der Waals surface area contributed by atoms with Crippen molar-refractivity contribution in [3.05, 3.63) is 65.1 Å². The number of carbonyl (C=O) groups excluding carboxylic acids is 1. The summed E-state index contributed by atoms with van der Waals surface area (Å²) < 4.78 is 1.93. The molecule has 1 aromatic carbocycles. The molecular weight excluding hydrogens is 242 g/mol. The number of benzene rings is 1. The fourth-order valence-electron chi connectivity index (χ4n) is 1.96. The molecule has 3 heteroatoms. The maximum Gasteiger partial charge on any atom is 0.237 e. The minimum Gasteiger partial charge on any atom is -0.286 e. The molecule has 2 heterocycles. The van der Waals surface area contributed by atoms with Crippen LogP contribution in [-0.4, -0.2) is 5.78 Å². The van der Waals surface area contributed by atoms with Gasteiger partial charge in [-0.25, -0.2) is 0 Å². The van der Waals surface area contributed by atoms with Gasteiger partial charge >= 0.3 is 0 Å². The summed E-state index contributed by atoms with van der Waals surface area (Å²) in [5.74, 6) is 0.158. The second-order valence-corrected chi connectivity index (χ2v) is 5.09. The summed E-state index contributed by atoms with van der Waals surface area (Å²) in [6.07, 6.45) is 3.97. The number of hydrogen-bond acceptors (Lipinski definition) is 2. The van der Waals surface area contributed by atoms with Gasteiger partial charge < -0.3 is 0 Å². The smallest absolute Gasteiger partial charge is 0.237 e. The van der Waals surface area contributed by atoms with E-state index in [1.807, 2.05) is 52.7 Å². The highest BCUT2D eigenvalue weighted by Gasteiger charge is 2.13. The van der Waals surface area contributed by atoms with E-state index < -0.39 is 0 Å². The molecule has 0 saturated carbocycles. The first kappa shape index (κ1) is 11.1. The average Bonchev–Trinajstić information content (AvgIpc) is 2.92. The third kappa shape index (κ3) is 2.17. The van der Waals surface area contributed by atoms with Crippen LogP contribution in [0.2, 0.25) is 0 Å². The first-order chi connectivity index (χ1) is 8.83. The molecule has 0 bridgehead atoms. The number of hydrogen-bond donors (Lipinski definition) is 0. The second-order valence-electron chi connectivity index (χ2n) is 4.15. The van der Waals surface area contributed by atoms with E-state index in [0.717, 1.165) is 10.3 Å². The molecule has 0 radical (unpaired) electrons. The van der Waals surface area contributed by atoms with Crippen molar-refractivity contribution >= 4 is 27.9 Å². The second kappa shape index (κ2) is 4.70. The molecule has 0 aliphatic carbocycles. The Morgan fingerprint density at radius 1 is 1.06 bits per heavy atom. The lowest BCUT2D eigenvalue weighted by molar-refractivity contribution is -0.681. The van der Waals surface area contributed by atoms with Gasteiger partial charge in [0.05, 0.1) is 4.88 Å². The number of rotatable bonds is 3. The first-order valence-corrected chi connectivity index (χ1v) is 6.65. The topological polar surface area (TPSA) is 20.9 Å². The van der Waals surface area contributed by atoms with E-state index in [1.165, 1.54) is 16.7 Å². The van der Waals surface area contributed by atoms with Crippen molar-refractivity contribution in [1.82, 2.24) is 0 Å². The minimum atomic E-state index is 0.158. The van der Waals surface area contributed by atoms with Crippen LogP contribution in [0.1, 0.15) is 9.67 Å². The van der Waals surface area contributed by atoms with E-state index >= 15 is 0 Å². The lowest BCUT2D eigenvalue weighted by Crippen LogP contribution is -2.36. The molecule has 0 atom stereocenters. The molecule has 0 N–H and O–H groups in total. The normalized spacial score (nSPS) is 10.7. The number of ketones is 1.